The number of ether oxygens (including phenoxy) is 1. The summed E-state index contributed by atoms with van der Waals surface area (Å²) in [5.74, 6) is -0.947. The van der Waals surface area contributed by atoms with Crippen LogP contribution in [0.3, 0.4) is 0 Å². The van der Waals surface area contributed by atoms with Gasteiger partial charge in [-0.3, -0.25) is 9.59 Å². The molecule has 0 aliphatic carbocycles. The van der Waals surface area contributed by atoms with E-state index in [1.165, 1.54) is 18.4 Å². The molecule has 1 atom stereocenters. The Morgan fingerprint density at radius 1 is 1.50 bits per heavy atom. The maximum absolute atomic E-state index is 11.8. The van der Waals surface area contributed by atoms with Crippen molar-refractivity contribution in [1.29, 1.82) is 0 Å². The first kappa shape index (κ1) is 16.8. The third-order valence-electron chi connectivity index (χ3n) is 3.40. The van der Waals surface area contributed by atoms with Crippen LogP contribution in [-0.2, 0) is 20.7 Å². The first-order valence-corrected chi connectivity index (χ1v) is 7.44. The minimum Gasteiger partial charge on any atom is -0.469 e. The molecule has 5 nitrogen and oxygen atoms in total. The van der Waals surface area contributed by atoms with Crippen LogP contribution < -0.4 is 0 Å². The number of hydrogen-bond donors (Lipinski definition) is 1. The summed E-state index contributed by atoms with van der Waals surface area (Å²) in [6.07, 6.45) is 2.47. The van der Waals surface area contributed by atoms with Crippen LogP contribution in [0.15, 0.2) is 11.6 Å². The summed E-state index contributed by atoms with van der Waals surface area (Å²) in [5.41, 5.74) is -1.11. The minimum absolute atomic E-state index is 0.0366. The Hall–Kier alpha value is -1.27. The average Bonchev–Trinajstić information content (AvgIpc) is 2.89. The van der Waals surface area contributed by atoms with Gasteiger partial charge in [0.15, 0.2) is 0 Å². The predicted molar refractivity (Wildman–Crippen MR) is 76.5 cm³/mol. The molecule has 1 heterocycles. The van der Waals surface area contributed by atoms with Gasteiger partial charge in [0.25, 0.3) is 0 Å². The fourth-order valence-corrected chi connectivity index (χ4v) is 2.54. The zero-order chi connectivity index (χ0) is 15.2. The van der Waals surface area contributed by atoms with E-state index in [0.29, 0.717) is 12.8 Å². The van der Waals surface area contributed by atoms with Crippen molar-refractivity contribution >= 4 is 23.1 Å². The van der Waals surface area contributed by atoms with Gasteiger partial charge < -0.3 is 9.84 Å². The molecule has 0 saturated heterocycles. The van der Waals surface area contributed by atoms with Crippen LogP contribution in [0.1, 0.15) is 38.1 Å². The van der Waals surface area contributed by atoms with Crippen molar-refractivity contribution in [2.45, 2.75) is 45.1 Å². The molecular formula is C14H21NO4S. The van der Waals surface area contributed by atoms with E-state index >= 15 is 0 Å². The lowest BCUT2D eigenvalue weighted by molar-refractivity contribution is -0.144. The molecule has 1 unspecified atom stereocenters. The molecule has 1 N–H and O–H groups in total. The van der Waals surface area contributed by atoms with Crippen LogP contribution in [0.4, 0.5) is 0 Å². The van der Waals surface area contributed by atoms with Gasteiger partial charge >= 0.3 is 5.97 Å². The molecule has 0 aliphatic heterocycles. The largest absolute Gasteiger partial charge is 0.469 e. The van der Waals surface area contributed by atoms with Crippen molar-refractivity contribution in [3.05, 3.63) is 16.6 Å². The second-order valence-corrected chi connectivity index (χ2v) is 6.13. The number of ketones is 1. The van der Waals surface area contributed by atoms with E-state index < -0.39 is 11.6 Å². The minimum atomic E-state index is -1.11. The fourth-order valence-electron chi connectivity index (χ4n) is 1.92. The van der Waals surface area contributed by atoms with Gasteiger partial charge in [0.05, 0.1) is 17.7 Å². The summed E-state index contributed by atoms with van der Waals surface area (Å²) in [6.45, 7) is 3.74. The van der Waals surface area contributed by atoms with Gasteiger partial charge in [0, 0.05) is 24.4 Å². The van der Waals surface area contributed by atoms with Gasteiger partial charge in [-0.25, -0.2) is 4.98 Å². The maximum Gasteiger partial charge on any atom is 0.313 e. The van der Waals surface area contributed by atoms with Gasteiger partial charge in [0.2, 0.25) is 0 Å². The molecule has 0 fully saturated rings. The van der Waals surface area contributed by atoms with E-state index in [2.05, 4.69) is 9.72 Å². The lowest BCUT2D eigenvalue weighted by Gasteiger charge is -2.31. The Balaban J connectivity index is 2.61. The Bertz CT molecular complexity index is 444. The third kappa shape index (κ3) is 5.02. The van der Waals surface area contributed by atoms with E-state index in [-0.39, 0.29) is 24.5 Å². The highest BCUT2D eigenvalue weighted by Crippen LogP contribution is 2.28. The van der Waals surface area contributed by atoms with Crippen molar-refractivity contribution in [1.82, 2.24) is 4.98 Å². The van der Waals surface area contributed by atoms with Crippen LogP contribution in [0.25, 0.3) is 0 Å². The molecular weight excluding hydrogens is 278 g/mol. The normalized spacial score (nSPS) is 14.1. The Kier molecular flexibility index (Phi) is 6.29. The van der Waals surface area contributed by atoms with Crippen molar-refractivity contribution < 1.29 is 19.4 Å². The van der Waals surface area contributed by atoms with Crippen molar-refractivity contribution in [3.8, 4) is 0 Å². The number of aliphatic hydroxyl groups is 1. The predicted octanol–water partition coefficient (Wildman–Crippen LogP) is 1.99. The number of carbonyl (C=O) groups is 2. The summed E-state index contributed by atoms with van der Waals surface area (Å²) < 4.78 is 4.46. The van der Waals surface area contributed by atoms with Crippen LogP contribution in [0.5, 0.6) is 0 Å². The van der Waals surface area contributed by atoms with Gasteiger partial charge in [-0.1, -0.05) is 13.8 Å². The van der Waals surface area contributed by atoms with Crippen LogP contribution in [-0.4, -0.2) is 34.6 Å². The molecule has 1 rings (SSSR count). The number of esters is 1. The Labute approximate surface area is 123 Å². The summed E-state index contributed by atoms with van der Waals surface area (Å²) in [5, 5.41) is 13.5. The second-order valence-electron chi connectivity index (χ2n) is 5.15. The molecule has 6 heteroatoms. The van der Waals surface area contributed by atoms with Crippen LogP contribution in [0, 0.1) is 5.92 Å². The van der Waals surface area contributed by atoms with E-state index in [4.69, 9.17) is 0 Å². The van der Waals surface area contributed by atoms with Crippen LogP contribution in [0.2, 0.25) is 0 Å². The number of aromatic nitrogens is 1. The molecule has 0 bridgehead atoms. The van der Waals surface area contributed by atoms with E-state index in [1.54, 1.807) is 6.20 Å². The van der Waals surface area contributed by atoms with Gasteiger partial charge in [0.1, 0.15) is 12.2 Å². The van der Waals surface area contributed by atoms with E-state index in [1.807, 2.05) is 19.2 Å². The van der Waals surface area contributed by atoms with Crippen molar-refractivity contribution in [2.75, 3.05) is 7.11 Å². The average molecular weight is 299 g/mol. The SMILES string of the molecule is COC(=O)CC(=O)CC(O)(CCc1nccs1)C(C)C. The number of thiazole rings is 1. The number of carbonyl (C=O) groups excluding carboxylic acids is 2. The standard InChI is InChI=1S/C14H21NO4S/c1-10(2)14(18,5-4-12-15-6-7-20-12)9-11(16)8-13(17)19-3/h6-7,10,18H,4-5,8-9H2,1-3H3. The number of hydrogen-bond acceptors (Lipinski definition) is 6. The number of aryl methyl sites for hydroxylation is 1. The van der Waals surface area contributed by atoms with Gasteiger partial charge in [-0.05, 0) is 12.3 Å². The summed E-state index contributed by atoms with van der Waals surface area (Å²) in [6, 6.07) is 0. The van der Waals surface area contributed by atoms with Gasteiger partial charge in [-0.15, -0.1) is 11.3 Å². The highest BCUT2D eigenvalue weighted by Gasteiger charge is 2.34. The highest BCUT2D eigenvalue weighted by atomic mass is 32.1. The number of methoxy groups -OCH3 is 1. The topological polar surface area (TPSA) is 76.5 Å². The molecule has 0 saturated carbocycles. The van der Waals surface area contributed by atoms with E-state index in [9.17, 15) is 14.7 Å². The first-order chi connectivity index (χ1) is 9.37. The Morgan fingerprint density at radius 3 is 2.70 bits per heavy atom. The smallest absolute Gasteiger partial charge is 0.313 e. The van der Waals surface area contributed by atoms with Gasteiger partial charge in [-0.2, -0.15) is 0 Å². The zero-order valence-electron chi connectivity index (χ0n) is 12.1. The summed E-state index contributed by atoms with van der Waals surface area (Å²) >= 11 is 1.53. The molecule has 0 radical (unpaired) electrons. The lowest BCUT2D eigenvalue weighted by Crippen LogP contribution is -2.38. The van der Waals surface area contributed by atoms with Crippen molar-refractivity contribution in [3.63, 3.8) is 0 Å². The molecule has 20 heavy (non-hydrogen) atoms. The summed E-state index contributed by atoms with van der Waals surface area (Å²) in [4.78, 5) is 27.1. The third-order valence-corrected chi connectivity index (χ3v) is 4.24. The summed E-state index contributed by atoms with van der Waals surface area (Å²) in [7, 11) is 1.24. The molecule has 0 amide bonds. The fraction of sp³-hybridized carbons (Fsp3) is 0.643. The number of rotatable bonds is 8. The molecule has 112 valence electrons. The maximum atomic E-state index is 11.8. The Morgan fingerprint density at radius 2 is 2.20 bits per heavy atom. The molecule has 0 aliphatic rings. The van der Waals surface area contributed by atoms with E-state index in [0.717, 1.165) is 5.01 Å². The van der Waals surface area contributed by atoms with Crippen LogP contribution >= 0.6 is 11.3 Å². The van der Waals surface area contributed by atoms with Crippen molar-refractivity contribution in [2.24, 2.45) is 5.92 Å². The molecule has 1 aromatic heterocycles. The molecule has 1 aromatic rings. The quantitative estimate of drug-likeness (QED) is 0.587. The number of nitrogens with zero attached hydrogens (tertiary/aromatic N) is 1. The zero-order valence-corrected chi connectivity index (χ0v) is 12.9. The highest BCUT2D eigenvalue weighted by molar-refractivity contribution is 7.09. The molecule has 0 aromatic carbocycles. The number of Topliss-reactive ketones (excluding diaryl/α,β-unsaturated/α-hetero) is 1. The molecule has 0 spiro atoms. The lowest BCUT2D eigenvalue weighted by atomic mass is 9.81. The first-order valence-electron chi connectivity index (χ1n) is 6.56. The monoisotopic (exact) mass is 299 g/mol. The second kappa shape index (κ2) is 7.50.